The third-order valence-corrected chi connectivity index (χ3v) is 16.9. The highest BCUT2D eigenvalue weighted by molar-refractivity contribution is 6.96. The Hall–Kier alpha value is -5.28. The van der Waals surface area contributed by atoms with Gasteiger partial charge in [-0.15, -0.1) is 0 Å². The summed E-state index contributed by atoms with van der Waals surface area (Å²) in [5.74, 6) is 0. The van der Waals surface area contributed by atoms with E-state index in [0.29, 0.717) is 0 Å². The molecule has 0 N–H and O–H groups in total. The van der Waals surface area contributed by atoms with E-state index in [1.165, 1.54) is 121 Å². The molecule has 1 saturated carbocycles. The van der Waals surface area contributed by atoms with E-state index >= 15 is 0 Å². The topological polar surface area (TPSA) is 6.48 Å². The highest BCUT2D eigenvalue weighted by Gasteiger charge is 2.63. The van der Waals surface area contributed by atoms with Crippen LogP contribution in [0.25, 0.3) is 28.0 Å². The summed E-state index contributed by atoms with van der Waals surface area (Å²) >= 11 is 0. The van der Waals surface area contributed by atoms with Crippen molar-refractivity contribution >= 4 is 46.1 Å². The van der Waals surface area contributed by atoms with Crippen LogP contribution in [0.5, 0.6) is 0 Å². The predicted molar refractivity (Wildman–Crippen MR) is 276 cm³/mol. The number of rotatable bonds is 3. The van der Waals surface area contributed by atoms with Crippen molar-refractivity contribution in [3.63, 3.8) is 0 Å². The van der Waals surface area contributed by atoms with Crippen molar-refractivity contribution in [3.05, 3.63) is 160 Å². The molecule has 3 heteroatoms. The van der Waals surface area contributed by atoms with Crippen LogP contribution in [0.4, 0.5) is 22.7 Å². The summed E-state index contributed by atoms with van der Waals surface area (Å²) in [5.41, 5.74) is 24.6. The van der Waals surface area contributed by atoms with Gasteiger partial charge in [-0.05, 0) is 122 Å². The van der Waals surface area contributed by atoms with Crippen LogP contribution in [0.15, 0.2) is 127 Å². The van der Waals surface area contributed by atoms with Gasteiger partial charge in [-0.25, -0.2) is 0 Å². The fourth-order valence-corrected chi connectivity index (χ4v) is 12.9. The third kappa shape index (κ3) is 5.64. The molecular formula is C61H67BN2. The summed E-state index contributed by atoms with van der Waals surface area (Å²) in [6.45, 7) is 31.8. The van der Waals surface area contributed by atoms with Crippen LogP contribution in [-0.4, -0.2) is 12.3 Å². The van der Waals surface area contributed by atoms with E-state index in [-0.39, 0.29) is 39.3 Å². The van der Waals surface area contributed by atoms with Crippen molar-refractivity contribution in [2.24, 2.45) is 0 Å². The second kappa shape index (κ2) is 13.4. The Morgan fingerprint density at radius 3 is 1.72 bits per heavy atom. The zero-order valence-corrected chi connectivity index (χ0v) is 40.8. The first-order chi connectivity index (χ1) is 30.1. The van der Waals surface area contributed by atoms with Crippen LogP contribution in [0.2, 0.25) is 0 Å². The molecule has 5 aliphatic rings. The molecule has 3 aliphatic heterocycles. The average molecular weight is 839 g/mol. The smallest absolute Gasteiger partial charge is 0.248 e. The highest BCUT2D eigenvalue weighted by Crippen LogP contribution is 2.64. The fraction of sp³-hybridized carbons (Fsp3) is 0.377. The van der Waals surface area contributed by atoms with E-state index in [0.717, 1.165) is 0 Å². The average Bonchev–Trinajstić information content (AvgIpc) is 3.62. The Kier molecular flexibility index (Phi) is 8.68. The summed E-state index contributed by atoms with van der Waals surface area (Å²) < 4.78 is 0. The van der Waals surface area contributed by atoms with Gasteiger partial charge in [0.15, 0.2) is 0 Å². The van der Waals surface area contributed by atoms with Crippen molar-refractivity contribution in [1.82, 2.24) is 0 Å². The lowest BCUT2D eigenvalue weighted by Gasteiger charge is -2.53. The van der Waals surface area contributed by atoms with Gasteiger partial charge in [-0.3, -0.25) is 0 Å². The van der Waals surface area contributed by atoms with Crippen molar-refractivity contribution in [2.75, 3.05) is 9.80 Å². The molecule has 0 radical (unpaired) electrons. The van der Waals surface area contributed by atoms with Gasteiger partial charge in [0, 0.05) is 44.7 Å². The molecule has 2 nitrogen and oxygen atoms in total. The number of nitrogens with zero attached hydrogens (tertiary/aromatic N) is 2. The molecule has 6 aromatic rings. The lowest BCUT2D eigenvalue weighted by Crippen LogP contribution is -2.62. The summed E-state index contributed by atoms with van der Waals surface area (Å²) in [4.78, 5) is 5.69. The lowest BCUT2D eigenvalue weighted by atomic mass is 9.30. The van der Waals surface area contributed by atoms with Crippen LogP contribution < -0.4 is 20.7 Å². The minimum Gasteiger partial charge on any atom is -0.335 e. The van der Waals surface area contributed by atoms with E-state index in [1.54, 1.807) is 5.56 Å². The number of hydrogen-bond acceptors (Lipinski definition) is 2. The van der Waals surface area contributed by atoms with Gasteiger partial charge in [0.1, 0.15) is 0 Å². The predicted octanol–water partition coefficient (Wildman–Crippen LogP) is 15.0. The molecule has 2 unspecified atom stereocenters. The van der Waals surface area contributed by atoms with Gasteiger partial charge >= 0.3 is 0 Å². The van der Waals surface area contributed by atoms with Gasteiger partial charge in [0.05, 0.1) is 11.2 Å². The first-order valence-corrected chi connectivity index (χ1v) is 24.3. The van der Waals surface area contributed by atoms with E-state index in [1.807, 2.05) is 0 Å². The largest absolute Gasteiger partial charge is 0.335 e. The first-order valence-electron chi connectivity index (χ1n) is 24.3. The van der Waals surface area contributed by atoms with Gasteiger partial charge in [0.2, 0.25) is 6.71 Å². The molecule has 0 aromatic heterocycles. The fourth-order valence-electron chi connectivity index (χ4n) is 12.9. The maximum atomic E-state index is 2.92. The molecule has 0 spiro atoms. The molecule has 3 heterocycles. The van der Waals surface area contributed by atoms with Crippen molar-refractivity contribution < 1.29 is 0 Å². The molecule has 0 bridgehead atoms. The highest BCUT2D eigenvalue weighted by atomic mass is 15.3. The van der Waals surface area contributed by atoms with Gasteiger partial charge in [-0.2, -0.15) is 0 Å². The summed E-state index contributed by atoms with van der Waals surface area (Å²) in [6.07, 6.45) is 4.91. The van der Waals surface area contributed by atoms with E-state index in [9.17, 15) is 0 Å². The Labute approximate surface area is 384 Å². The van der Waals surface area contributed by atoms with Gasteiger partial charge < -0.3 is 9.80 Å². The van der Waals surface area contributed by atoms with Gasteiger partial charge in [-0.1, -0.05) is 192 Å². The monoisotopic (exact) mass is 839 g/mol. The molecule has 2 atom stereocenters. The lowest BCUT2D eigenvalue weighted by molar-refractivity contribution is 0.195. The normalized spacial score (nSPS) is 21.7. The molecule has 6 aromatic carbocycles. The molecule has 1 fully saturated rings. The van der Waals surface area contributed by atoms with Crippen molar-refractivity contribution in [2.45, 2.75) is 148 Å². The Bertz CT molecular complexity index is 2950. The standard InChI is InChI=1S/C61H67BN2/c1-56(2,3)41-26-28-46-45(35-41)53-55(59(46,10)11)62-48-37-43(58(7,8)9)36-47-54(48)64(61(13)31-21-20-30-60(47,61)12)51-33-40(38-22-16-14-17-23-38)32-50(52(51)62)63(53)49-29-27-42(57(4,5)6)34-44(49)39-24-18-15-19-25-39/h14-19,22-29,32-37H,20-21,30-31H2,1-13H3. The molecule has 2 aliphatic carbocycles. The van der Waals surface area contributed by atoms with E-state index in [4.69, 9.17) is 0 Å². The van der Waals surface area contributed by atoms with E-state index < -0.39 is 0 Å². The number of anilines is 4. The molecule has 64 heavy (non-hydrogen) atoms. The quantitative estimate of drug-likeness (QED) is 0.164. The first kappa shape index (κ1) is 41.4. The van der Waals surface area contributed by atoms with Crippen LogP contribution in [0, 0.1) is 0 Å². The van der Waals surface area contributed by atoms with Gasteiger partial charge in [0.25, 0.3) is 0 Å². The number of allylic oxidation sites excluding steroid dienone is 1. The zero-order chi connectivity index (χ0) is 45.1. The van der Waals surface area contributed by atoms with Crippen LogP contribution in [-0.2, 0) is 27.1 Å². The minimum absolute atomic E-state index is 0.00623. The molecule has 11 rings (SSSR count). The SMILES string of the molecule is CC(C)(C)c1ccc2c(c1)C1=C(B3c4cc(C(C)(C)C)cc5c4N(c4cc(-c6ccccc6)cc(c43)N1c1ccc(C(C)(C)C)cc1-c1ccccc1)C1(C)CCCCC51C)C2(C)C. The second-order valence-corrected chi connectivity index (χ2v) is 24.2. The van der Waals surface area contributed by atoms with Crippen molar-refractivity contribution in [3.8, 4) is 22.3 Å². The molecule has 324 valence electrons. The summed E-state index contributed by atoms with van der Waals surface area (Å²) in [7, 11) is 0. The maximum absolute atomic E-state index is 2.92. The summed E-state index contributed by atoms with van der Waals surface area (Å²) in [5, 5.41) is 0. The maximum Gasteiger partial charge on any atom is 0.248 e. The Morgan fingerprint density at radius 2 is 1.08 bits per heavy atom. The molecule has 0 saturated heterocycles. The zero-order valence-electron chi connectivity index (χ0n) is 40.8. The number of fused-ring (bicyclic) bond motifs is 8. The third-order valence-electron chi connectivity index (χ3n) is 16.9. The van der Waals surface area contributed by atoms with Crippen LogP contribution in [0.3, 0.4) is 0 Å². The molecular weight excluding hydrogens is 771 g/mol. The van der Waals surface area contributed by atoms with E-state index in [2.05, 4.69) is 221 Å². The Balaban J connectivity index is 1.34. The van der Waals surface area contributed by atoms with Crippen LogP contribution >= 0.6 is 0 Å². The number of hydrogen-bond donors (Lipinski definition) is 0. The number of benzene rings is 6. The second-order valence-electron chi connectivity index (χ2n) is 24.2. The minimum atomic E-state index is -0.249. The summed E-state index contributed by atoms with van der Waals surface area (Å²) in [6, 6.07) is 47.8. The van der Waals surface area contributed by atoms with Crippen molar-refractivity contribution in [1.29, 1.82) is 0 Å². The Morgan fingerprint density at radius 1 is 0.500 bits per heavy atom. The molecule has 0 amide bonds. The van der Waals surface area contributed by atoms with Crippen LogP contribution in [0.1, 0.15) is 149 Å².